The number of benzene rings is 1. The topological polar surface area (TPSA) is 78.9 Å². The zero-order chi connectivity index (χ0) is 14.7. The first-order valence-electron chi connectivity index (χ1n) is 6.25. The largest absolute Gasteiger partial charge is 0.409 e. The molecule has 1 aromatic carbocycles. The number of carbonyl (C=O) groups excluding carboxylic acids is 1. The molecule has 1 aliphatic rings. The second-order valence-electron chi connectivity index (χ2n) is 4.69. The number of amides is 1. The zero-order valence-corrected chi connectivity index (χ0v) is 12.2. The summed E-state index contributed by atoms with van der Waals surface area (Å²) in [6.45, 7) is 1.09. The molecule has 5 nitrogen and oxygen atoms in total. The Morgan fingerprint density at radius 2 is 2.00 bits per heavy atom. The van der Waals surface area contributed by atoms with Crippen LogP contribution < -0.4 is 5.73 Å². The van der Waals surface area contributed by atoms with E-state index in [1.54, 1.807) is 23.1 Å². The number of likely N-dealkylation sites (tertiary alicyclic amines) is 1. The smallest absolute Gasteiger partial charge is 0.255 e. The van der Waals surface area contributed by atoms with Crippen LogP contribution in [0, 0.1) is 5.92 Å². The number of piperidine rings is 1. The summed E-state index contributed by atoms with van der Waals surface area (Å²) >= 11 is 12.0. The predicted molar refractivity (Wildman–Crippen MR) is 78.5 cm³/mol. The molecule has 0 radical (unpaired) electrons. The van der Waals surface area contributed by atoms with Crippen molar-refractivity contribution in [2.45, 2.75) is 12.8 Å². The van der Waals surface area contributed by atoms with Crippen molar-refractivity contribution in [3.05, 3.63) is 33.8 Å². The maximum absolute atomic E-state index is 12.4. The summed E-state index contributed by atoms with van der Waals surface area (Å²) < 4.78 is 0. The highest BCUT2D eigenvalue weighted by atomic mass is 35.5. The summed E-state index contributed by atoms with van der Waals surface area (Å²) in [6.07, 6.45) is 1.33. The Morgan fingerprint density at radius 3 is 2.60 bits per heavy atom. The molecule has 0 bridgehead atoms. The number of halogens is 2. The molecule has 0 spiro atoms. The molecular formula is C13H15Cl2N3O2. The number of hydrogen-bond donors (Lipinski definition) is 2. The highest BCUT2D eigenvalue weighted by Crippen LogP contribution is 2.28. The van der Waals surface area contributed by atoms with Crippen LogP contribution in [0.25, 0.3) is 0 Å². The molecule has 0 atom stereocenters. The van der Waals surface area contributed by atoms with Gasteiger partial charge >= 0.3 is 0 Å². The summed E-state index contributed by atoms with van der Waals surface area (Å²) in [7, 11) is 0. The molecule has 1 saturated heterocycles. The van der Waals surface area contributed by atoms with E-state index in [1.165, 1.54) is 0 Å². The minimum absolute atomic E-state index is 0.0129. The Balaban J connectivity index is 2.07. The molecule has 1 fully saturated rings. The van der Waals surface area contributed by atoms with Crippen LogP contribution in [-0.2, 0) is 0 Å². The van der Waals surface area contributed by atoms with Gasteiger partial charge in [-0.2, -0.15) is 0 Å². The van der Waals surface area contributed by atoms with E-state index in [2.05, 4.69) is 5.16 Å². The van der Waals surface area contributed by atoms with Crippen molar-refractivity contribution in [1.82, 2.24) is 4.90 Å². The van der Waals surface area contributed by atoms with Crippen molar-refractivity contribution < 1.29 is 10.0 Å². The Labute approximate surface area is 126 Å². The Morgan fingerprint density at radius 1 is 1.35 bits per heavy atom. The lowest BCUT2D eigenvalue weighted by molar-refractivity contribution is 0.0709. The normalized spacial score (nSPS) is 17.3. The number of rotatable bonds is 2. The standard InChI is InChI=1S/C13H15Cl2N3O2/c14-10-3-1-2-9(11(10)15)13(19)18-6-4-8(5-7-18)12(16)17-20/h1-3,8,20H,4-7H2,(H2,16,17). The first-order chi connectivity index (χ1) is 9.54. The van der Waals surface area contributed by atoms with Crippen molar-refractivity contribution in [2.24, 2.45) is 16.8 Å². The fourth-order valence-corrected chi connectivity index (χ4v) is 2.68. The summed E-state index contributed by atoms with van der Waals surface area (Å²) in [5.41, 5.74) is 5.99. The average molecular weight is 316 g/mol. The van der Waals surface area contributed by atoms with Crippen LogP contribution in [0.2, 0.25) is 10.0 Å². The lowest BCUT2D eigenvalue weighted by Gasteiger charge is -2.31. The lowest BCUT2D eigenvalue weighted by Crippen LogP contribution is -2.41. The number of carbonyl (C=O) groups is 1. The van der Waals surface area contributed by atoms with Crippen LogP contribution in [0.3, 0.4) is 0 Å². The number of amidine groups is 1. The van der Waals surface area contributed by atoms with E-state index < -0.39 is 0 Å². The van der Waals surface area contributed by atoms with Gasteiger partial charge in [0.2, 0.25) is 0 Å². The van der Waals surface area contributed by atoms with Crippen LogP contribution >= 0.6 is 23.2 Å². The van der Waals surface area contributed by atoms with Gasteiger partial charge in [0.25, 0.3) is 5.91 Å². The molecule has 1 aromatic rings. The van der Waals surface area contributed by atoms with Gasteiger partial charge in [0, 0.05) is 19.0 Å². The maximum Gasteiger partial charge on any atom is 0.255 e. The molecule has 0 aromatic heterocycles. The van der Waals surface area contributed by atoms with E-state index in [4.69, 9.17) is 34.1 Å². The zero-order valence-electron chi connectivity index (χ0n) is 10.7. The maximum atomic E-state index is 12.4. The summed E-state index contributed by atoms with van der Waals surface area (Å²) in [5, 5.41) is 12.3. The van der Waals surface area contributed by atoms with Crippen molar-refractivity contribution in [2.75, 3.05) is 13.1 Å². The van der Waals surface area contributed by atoms with E-state index in [9.17, 15) is 4.79 Å². The van der Waals surface area contributed by atoms with Crippen molar-refractivity contribution >= 4 is 34.9 Å². The van der Waals surface area contributed by atoms with Gasteiger partial charge in [-0.1, -0.05) is 34.4 Å². The van der Waals surface area contributed by atoms with Gasteiger partial charge in [-0.15, -0.1) is 0 Å². The summed E-state index contributed by atoms with van der Waals surface area (Å²) in [6, 6.07) is 5.00. The Kier molecular flexibility index (Phi) is 4.73. The number of nitrogens with two attached hydrogens (primary N) is 1. The molecule has 0 saturated carbocycles. The second-order valence-corrected chi connectivity index (χ2v) is 5.48. The summed E-state index contributed by atoms with van der Waals surface area (Å²) in [5.74, 6) is 0.0900. The third-order valence-electron chi connectivity index (χ3n) is 3.50. The molecular weight excluding hydrogens is 301 g/mol. The van der Waals surface area contributed by atoms with E-state index in [0.29, 0.717) is 36.5 Å². The third kappa shape index (κ3) is 2.99. The van der Waals surface area contributed by atoms with Crippen molar-refractivity contribution in [3.8, 4) is 0 Å². The van der Waals surface area contributed by atoms with Gasteiger partial charge in [-0.25, -0.2) is 0 Å². The van der Waals surface area contributed by atoms with Crippen LogP contribution in [0.1, 0.15) is 23.2 Å². The van der Waals surface area contributed by atoms with Gasteiger partial charge in [-0.3, -0.25) is 4.79 Å². The minimum atomic E-state index is -0.143. The molecule has 0 unspecified atom stereocenters. The highest BCUT2D eigenvalue weighted by molar-refractivity contribution is 6.43. The molecule has 1 amide bonds. The first kappa shape index (κ1) is 14.9. The lowest BCUT2D eigenvalue weighted by atomic mass is 9.95. The van der Waals surface area contributed by atoms with Crippen molar-refractivity contribution in [1.29, 1.82) is 0 Å². The fraction of sp³-hybridized carbons (Fsp3) is 0.385. The van der Waals surface area contributed by atoms with Gasteiger partial charge in [-0.05, 0) is 25.0 Å². The predicted octanol–water partition coefficient (Wildman–Crippen LogP) is 2.59. The average Bonchev–Trinajstić information content (AvgIpc) is 2.48. The quantitative estimate of drug-likeness (QED) is 0.381. The van der Waals surface area contributed by atoms with Crippen LogP contribution in [0.4, 0.5) is 0 Å². The van der Waals surface area contributed by atoms with E-state index in [1.807, 2.05) is 0 Å². The van der Waals surface area contributed by atoms with E-state index in [0.717, 1.165) is 0 Å². The SMILES string of the molecule is NC(=NO)C1CCN(C(=O)c2cccc(Cl)c2Cl)CC1. The van der Waals surface area contributed by atoms with Crippen LogP contribution in [-0.4, -0.2) is 34.9 Å². The molecule has 3 N–H and O–H groups in total. The Bertz CT molecular complexity index is 540. The highest BCUT2D eigenvalue weighted by Gasteiger charge is 2.27. The molecule has 1 aliphatic heterocycles. The number of nitrogens with zero attached hydrogens (tertiary/aromatic N) is 2. The molecule has 2 rings (SSSR count). The Hall–Kier alpha value is -1.46. The summed E-state index contributed by atoms with van der Waals surface area (Å²) in [4.78, 5) is 14.1. The molecule has 20 heavy (non-hydrogen) atoms. The third-order valence-corrected chi connectivity index (χ3v) is 4.32. The number of hydrogen-bond acceptors (Lipinski definition) is 3. The van der Waals surface area contributed by atoms with Crippen LogP contribution in [0.15, 0.2) is 23.4 Å². The molecule has 7 heteroatoms. The first-order valence-corrected chi connectivity index (χ1v) is 7.01. The second kappa shape index (κ2) is 6.33. The fourth-order valence-electron chi connectivity index (χ4n) is 2.30. The number of oxime groups is 1. The van der Waals surface area contributed by atoms with E-state index in [-0.39, 0.29) is 22.7 Å². The molecule has 0 aliphatic carbocycles. The monoisotopic (exact) mass is 315 g/mol. The molecule has 108 valence electrons. The molecule has 1 heterocycles. The van der Waals surface area contributed by atoms with E-state index >= 15 is 0 Å². The minimum Gasteiger partial charge on any atom is -0.409 e. The van der Waals surface area contributed by atoms with Gasteiger partial charge in [0.1, 0.15) is 5.84 Å². The van der Waals surface area contributed by atoms with Crippen molar-refractivity contribution in [3.63, 3.8) is 0 Å². The van der Waals surface area contributed by atoms with Gasteiger partial charge < -0.3 is 15.8 Å². The van der Waals surface area contributed by atoms with Crippen LogP contribution in [0.5, 0.6) is 0 Å². The van der Waals surface area contributed by atoms with Gasteiger partial charge in [0.05, 0.1) is 15.6 Å². The van der Waals surface area contributed by atoms with Gasteiger partial charge in [0.15, 0.2) is 0 Å².